The molecule has 1 atom stereocenters. The van der Waals surface area contributed by atoms with Crippen LogP contribution < -0.4 is 0 Å². The maximum Gasteiger partial charge on any atom is 0.453 e. The number of alkyl halides is 5. The van der Waals surface area contributed by atoms with Gasteiger partial charge in [0.1, 0.15) is 0 Å². The molecule has 0 aromatic heterocycles. The summed E-state index contributed by atoms with van der Waals surface area (Å²) >= 11 is 0. The number of halogens is 5. The van der Waals surface area contributed by atoms with Gasteiger partial charge in [-0.25, -0.2) is 0 Å². The van der Waals surface area contributed by atoms with E-state index in [9.17, 15) is 22.0 Å². The second kappa shape index (κ2) is 11.2. The highest BCUT2D eigenvalue weighted by molar-refractivity contribution is 4.75. The molecule has 7 heteroatoms. The lowest BCUT2D eigenvalue weighted by atomic mass is 10.1. The molecule has 1 unspecified atom stereocenters. The van der Waals surface area contributed by atoms with Gasteiger partial charge in [-0.1, -0.05) is 38.5 Å². The van der Waals surface area contributed by atoms with Crippen molar-refractivity contribution < 1.29 is 31.4 Å². The van der Waals surface area contributed by atoms with Gasteiger partial charge in [0.25, 0.3) is 0 Å². The molecule has 144 valence electrons. The summed E-state index contributed by atoms with van der Waals surface area (Å²) in [6.07, 6.45) is 2.61. The fourth-order valence-corrected chi connectivity index (χ4v) is 2.71. The van der Waals surface area contributed by atoms with E-state index in [-0.39, 0.29) is 12.7 Å². The second-order valence-corrected chi connectivity index (χ2v) is 6.45. The lowest BCUT2D eigenvalue weighted by Gasteiger charge is -2.22. The van der Waals surface area contributed by atoms with Crippen molar-refractivity contribution in [3.05, 3.63) is 0 Å². The lowest BCUT2D eigenvalue weighted by molar-refractivity contribution is -0.284. The first kappa shape index (κ1) is 21.6. The average molecular weight is 360 g/mol. The molecular weight excluding hydrogens is 331 g/mol. The number of unbranched alkanes of at least 4 members (excludes halogenated alkanes) is 7. The van der Waals surface area contributed by atoms with Crippen molar-refractivity contribution in [1.29, 1.82) is 0 Å². The zero-order chi connectivity index (χ0) is 17.9. The van der Waals surface area contributed by atoms with Crippen molar-refractivity contribution >= 4 is 0 Å². The predicted octanol–water partition coefficient (Wildman–Crippen LogP) is 6.24. The highest BCUT2D eigenvalue weighted by Gasteiger charge is 2.56. The summed E-state index contributed by atoms with van der Waals surface area (Å²) < 4.78 is 72.3. The Morgan fingerprint density at radius 3 is 1.92 bits per heavy atom. The van der Waals surface area contributed by atoms with Crippen molar-refractivity contribution in [2.45, 2.75) is 95.4 Å². The van der Waals surface area contributed by atoms with Crippen LogP contribution >= 0.6 is 0 Å². The van der Waals surface area contributed by atoms with E-state index >= 15 is 0 Å². The van der Waals surface area contributed by atoms with Gasteiger partial charge in [0.05, 0.1) is 0 Å². The summed E-state index contributed by atoms with van der Waals surface area (Å²) in [6.45, 7) is 1.47. The largest absolute Gasteiger partial charge is 0.453 e. The first-order valence-corrected chi connectivity index (χ1v) is 9.01. The van der Waals surface area contributed by atoms with Gasteiger partial charge in [-0.2, -0.15) is 22.0 Å². The minimum Gasteiger partial charge on any atom is -0.353 e. The van der Waals surface area contributed by atoms with Crippen molar-refractivity contribution in [3.63, 3.8) is 0 Å². The van der Waals surface area contributed by atoms with Crippen molar-refractivity contribution in [3.8, 4) is 0 Å². The Morgan fingerprint density at radius 1 is 0.792 bits per heavy atom. The Bertz CT molecular complexity index is 315. The van der Waals surface area contributed by atoms with Crippen LogP contribution in [0, 0.1) is 0 Å². The first-order valence-electron chi connectivity index (χ1n) is 9.01. The number of rotatable bonds is 12. The van der Waals surface area contributed by atoms with Gasteiger partial charge in [0.15, 0.2) is 6.29 Å². The van der Waals surface area contributed by atoms with E-state index in [0.717, 1.165) is 58.0 Å². The SMILES string of the molecule is FC(F)(F)C(F)(F)CCCCCCCCCCOC1CCCCO1. The minimum atomic E-state index is -5.42. The van der Waals surface area contributed by atoms with Gasteiger partial charge in [-0.05, 0) is 32.1 Å². The molecule has 1 rings (SSSR count). The van der Waals surface area contributed by atoms with Crippen LogP contribution in [0.2, 0.25) is 0 Å². The summed E-state index contributed by atoms with van der Waals surface area (Å²) in [4.78, 5) is 0. The zero-order valence-electron chi connectivity index (χ0n) is 14.2. The van der Waals surface area contributed by atoms with E-state index in [4.69, 9.17) is 9.47 Å². The smallest absolute Gasteiger partial charge is 0.353 e. The van der Waals surface area contributed by atoms with Crippen LogP contribution in [0.5, 0.6) is 0 Å². The van der Waals surface area contributed by atoms with Gasteiger partial charge in [-0.3, -0.25) is 0 Å². The third kappa shape index (κ3) is 9.16. The molecule has 1 aliphatic rings. The standard InChI is InChI=1S/C17H29F5O2/c18-16(19,17(20,21)22)12-8-5-3-1-2-4-6-9-13-23-15-11-7-10-14-24-15/h15H,1-14H2. The molecule has 1 aliphatic heterocycles. The molecule has 1 heterocycles. The van der Waals surface area contributed by atoms with Gasteiger partial charge in [-0.15, -0.1) is 0 Å². The minimum absolute atomic E-state index is 0.0476. The molecular formula is C17H29F5O2. The topological polar surface area (TPSA) is 18.5 Å². The predicted molar refractivity (Wildman–Crippen MR) is 82.1 cm³/mol. The van der Waals surface area contributed by atoms with E-state index in [0.29, 0.717) is 19.4 Å². The molecule has 0 aromatic carbocycles. The molecule has 0 aliphatic carbocycles. The fourth-order valence-electron chi connectivity index (χ4n) is 2.71. The Labute approximate surface area is 141 Å². The monoisotopic (exact) mass is 360 g/mol. The quantitative estimate of drug-likeness (QED) is 0.303. The molecule has 0 saturated carbocycles. The van der Waals surface area contributed by atoms with Crippen molar-refractivity contribution in [1.82, 2.24) is 0 Å². The molecule has 1 fully saturated rings. The van der Waals surface area contributed by atoms with Crippen molar-refractivity contribution in [2.75, 3.05) is 13.2 Å². The van der Waals surface area contributed by atoms with Crippen molar-refractivity contribution in [2.24, 2.45) is 0 Å². The lowest BCUT2D eigenvalue weighted by Crippen LogP contribution is -2.36. The molecule has 1 saturated heterocycles. The number of ether oxygens (including phenoxy) is 2. The molecule has 24 heavy (non-hydrogen) atoms. The van der Waals surface area contributed by atoms with E-state index in [1.54, 1.807) is 0 Å². The highest BCUT2D eigenvalue weighted by atomic mass is 19.4. The summed E-state index contributed by atoms with van der Waals surface area (Å²) in [5, 5.41) is 0. The van der Waals surface area contributed by atoms with Crippen LogP contribution in [-0.4, -0.2) is 31.6 Å². The normalized spacial score (nSPS) is 19.6. The van der Waals surface area contributed by atoms with Gasteiger partial charge in [0.2, 0.25) is 0 Å². The summed E-state index contributed by atoms with van der Waals surface area (Å²) in [5.41, 5.74) is 0. The van der Waals surface area contributed by atoms with E-state index < -0.39 is 18.5 Å². The van der Waals surface area contributed by atoms with Crippen LogP contribution in [0.25, 0.3) is 0 Å². The Kier molecular flexibility index (Phi) is 10.1. The highest BCUT2D eigenvalue weighted by Crippen LogP contribution is 2.39. The van der Waals surface area contributed by atoms with Gasteiger partial charge in [0, 0.05) is 19.6 Å². The first-order chi connectivity index (χ1) is 11.3. The fraction of sp³-hybridized carbons (Fsp3) is 1.00. The van der Waals surface area contributed by atoms with Crippen LogP contribution in [0.4, 0.5) is 22.0 Å². The van der Waals surface area contributed by atoms with E-state index in [2.05, 4.69) is 0 Å². The summed E-state index contributed by atoms with van der Waals surface area (Å²) in [7, 11) is 0. The van der Waals surface area contributed by atoms with Gasteiger partial charge < -0.3 is 9.47 Å². The molecule has 0 amide bonds. The molecule has 0 N–H and O–H groups in total. The molecule has 0 bridgehead atoms. The molecule has 2 nitrogen and oxygen atoms in total. The number of hydrogen-bond acceptors (Lipinski definition) is 2. The average Bonchev–Trinajstić information content (AvgIpc) is 2.52. The zero-order valence-corrected chi connectivity index (χ0v) is 14.2. The molecule has 0 spiro atoms. The Morgan fingerprint density at radius 2 is 1.38 bits per heavy atom. The summed E-state index contributed by atoms with van der Waals surface area (Å²) in [5.74, 6) is -4.55. The maximum absolute atomic E-state index is 12.7. The Balaban J connectivity index is 1.84. The second-order valence-electron chi connectivity index (χ2n) is 6.45. The van der Waals surface area contributed by atoms with Crippen LogP contribution in [-0.2, 0) is 9.47 Å². The molecule has 0 aromatic rings. The van der Waals surface area contributed by atoms with Gasteiger partial charge >= 0.3 is 12.1 Å². The maximum atomic E-state index is 12.7. The third-order valence-corrected chi connectivity index (χ3v) is 4.24. The van der Waals surface area contributed by atoms with E-state index in [1.807, 2.05) is 0 Å². The van der Waals surface area contributed by atoms with E-state index in [1.165, 1.54) is 0 Å². The Hall–Kier alpha value is -0.430. The molecule has 0 radical (unpaired) electrons. The van der Waals surface area contributed by atoms with Crippen LogP contribution in [0.15, 0.2) is 0 Å². The van der Waals surface area contributed by atoms with Crippen LogP contribution in [0.1, 0.15) is 77.0 Å². The van der Waals surface area contributed by atoms with Crippen LogP contribution in [0.3, 0.4) is 0 Å². The third-order valence-electron chi connectivity index (χ3n) is 4.24. The number of hydrogen-bond donors (Lipinski definition) is 0. The summed E-state index contributed by atoms with van der Waals surface area (Å²) in [6, 6.07) is 0.